The molecule has 0 unspecified atom stereocenters. The summed E-state index contributed by atoms with van der Waals surface area (Å²) in [6.07, 6.45) is 1.09. The van der Waals surface area contributed by atoms with Gasteiger partial charge in [0.1, 0.15) is 11.5 Å². The van der Waals surface area contributed by atoms with E-state index in [2.05, 4.69) is 0 Å². The third-order valence-electron chi connectivity index (χ3n) is 2.93. The van der Waals surface area contributed by atoms with Gasteiger partial charge in [-0.1, -0.05) is 12.1 Å². The Bertz CT molecular complexity index is 708. The highest BCUT2D eigenvalue weighted by atomic mass is 16.5. The largest absolute Gasteiger partial charge is 0.502 e. The van der Waals surface area contributed by atoms with E-state index < -0.39 is 17.5 Å². The van der Waals surface area contributed by atoms with E-state index in [1.165, 1.54) is 6.07 Å². The summed E-state index contributed by atoms with van der Waals surface area (Å²) in [5.74, 6) is -2.04. The van der Waals surface area contributed by atoms with Gasteiger partial charge in [0, 0.05) is 12.5 Å². The first kappa shape index (κ1) is 15.4. The average Bonchev–Trinajstić information content (AvgIpc) is 2.96. The smallest absolute Gasteiger partial charge is 0.371 e. The van der Waals surface area contributed by atoms with E-state index in [4.69, 9.17) is 19.4 Å². The zero-order chi connectivity index (χ0) is 16.1. The molecule has 114 valence electrons. The van der Waals surface area contributed by atoms with Crippen LogP contribution in [0.15, 0.2) is 52.7 Å². The molecule has 0 aliphatic heterocycles. The average molecular weight is 302 g/mol. The predicted molar refractivity (Wildman–Crippen MR) is 77.2 cm³/mol. The maximum absolute atomic E-state index is 11.7. The molecule has 0 aliphatic carbocycles. The van der Waals surface area contributed by atoms with Crippen molar-refractivity contribution in [2.45, 2.75) is 6.42 Å². The predicted octanol–water partition coefficient (Wildman–Crippen LogP) is 2.59. The Labute approximate surface area is 126 Å². The van der Waals surface area contributed by atoms with Crippen molar-refractivity contribution in [1.82, 2.24) is 0 Å². The number of carboxylic acid groups (broad SMARTS) is 1. The highest BCUT2D eigenvalue weighted by Crippen LogP contribution is 2.17. The molecule has 1 heterocycles. The summed E-state index contributed by atoms with van der Waals surface area (Å²) in [5.41, 5.74) is 0.970. The minimum atomic E-state index is -1.57. The molecule has 0 spiro atoms. The van der Waals surface area contributed by atoms with Gasteiger partial charge in [-0.05, 0) is 29.8 Å². The van der Waals surface area contributed by atoms with Gasteiger partial charge >= 0.3 is 5.97 Å². The Kier molecular flexibility index (Phi) is 4.63. The van der Waals surface area contributed by atoms with Gasteiger partial charge in [-0.25, -0.2) is 4.79 Å². The number of aliphatic hydroxyl groups excluding tert-OH is 1. The van der Waals surface area contributed by atoms with Gasteiger partial charge < -0.3 is 19.4 Å². The molecule has 6 heteroatoms. The number of hydrogen-bond acceptors (Lipinski definition) is 5. The number of carbonyl (C=O) groups excluding carboxylic acids is 1. The van der Waals surface area contributed by atoms with Gasteiger partial charge in [0.05, 0.1) is 7.11 Å². The van der Waals surface area contributed by atoms with E-state index in [0.29, 0.717) is 18.3 Å². The topological polar surface area (TPSA) is 97.0 Å². The Morgan fingerprint density at radius 1 is 1.14 bits per heavy atom. The monoisotopic (exact) mass is 302 g/mol. The van der Waals surface area contributed by atoms with Crippen LogP contribution in [0.1, 0.15) is 21.9 Å². The molecule has 2 aromatic rings. The van der Waals surface area contributed by atoms with Crippen molar-refractivity contribution in [1.29, 1.82) is 0 Å². The molecular formula is C16H14O6. The maximum atomic E-state index is 11.7. The minimum Gasteiger partial charge on any atom is -0.502 e. The van der Waals surface area contributed by atoms with Gasteiger partial charge in [0.15, 0.2) is 5.76 Å². The molecule has 0 atom stereocenters. The first-order valence-electron chi connectivity index (χ1n) is 6.39. The van der Waals surface area contributed by atoms with Gasteiger partial charge in [-0.3, -0.25) is 4.79 Å². The molecule has 2 rings (SSSR count). The molecule has 0 saturated heterocycles. The number of methoxy groups -OCH3 is 1. The summed E-state index contributed by atoms with van der Waals surface area (Å²) in [5, 5.41) is 17.5. The van der Waals surface area contributed by atoms with Crippen LogP contribution in [-0.4, -0.2) is 29.1 Å². The summed E-state index contributed by atoms with van der Waals surface area (Å²) in [7, 11) is 1.58. The zero-order valence-electron chi connectivity index (χ0n) is 11.8. The van der Waals surface area contributed by atoms with Crippen LogP contribution in [0.3, 0.4) is 0 Å². The lowest BCUT2D eigenvalue weighted by Crippen LogP contribution is -2.03. The third kappa shape index (κ3) is 3.76. The highest BCUT2D eigenvalue weighted by molar-refractivity contribution is 6.06. The fourth-order valence-electron chi connectivity index (χ4n) is 1.81. The number of ether oxygens (including phenoxy) is 1. The van der Waals surface area contributed by atoms with Gasteiger partial charge in [-0.2, -0.15) is 0 Å². The molecule has 2 N–H and O–H groups in total. The molecule has 1 aromatic heterocycles. The Balaban J connectivity index is 2.09. The van der Waals surface area contributed by atoms with Gasteiger partial charge in [-0.15, -0.1) is 0 Å². The van der Waals surface area contributed by atoms with Crippen molar-refractivity contribution in [3.63, 3.8) is 0 Å². The molecule has 1 aromatic carbocycles. The maximum Gasteiger partial charge on any atom is 0.371 e. The molecule has 6 nitrogen and oxygen atoms in total. The third-order valence-corrected chi connectivity index (χ3v) is 2.93. The van der Waals surface area contributed by atoms with Crippen molar-refractivity contribution >= 4 is 11.8 Å². The van der Waals surface area contributed by atoms with Crippen LogP contribution in [-0.2, 0) is 11.2 Å². The normalized spacial score (nSPS) is 11.2. The second kappa shape index (κ2) is 6.62. The number of rotatable bonds is 6. The second-order valence-corrected chi connectivity index (χ2v) is 4.49. The van der Waals surface area contributed by atoms with E-state index in [1.54, 1.807) is 13.2 Å². The number of allylic oxidation sites excluding steroid dienone is 1. The van der Waals surface area contributed by atoms with Crippen LogP contribution in [0.25, 0.3) is 0 Å². The fraction of sp³-hybridized carbons (Fsp3) is 0.125. The summed E-state index contributed by atoms with van der Waals surface area (Å²) in [6, 6.07) is 10.4. The Morgan fingerprint density at radius 2 is 1.82 bits per heavy atom. The van der Waals surface area contributed by atoms with Crippen LogP contribution in [0.2, 0.25) is 0 Å². The number of aliphatic carboxylic acids is 1. The van der Waals surface area contributed by atoms with Crippen molar-refractivity contribution in [2.75, 3.05) is 7.11 Å². The number of aliphatic hydroxyl groups is 1. The summed E-state index contributed by atoms with van der Waals surface area (Å²) in [4.78, 5) is 22.2. The molecule has 0 saturated carbocycles. The van der Waals surface area contributed by atoms with E-state index in [-0.39, 0.29) is 5.76 Å². The van der Waals surface area contributed by atoms with Gasteiger partial charge in [0.25, 0.3) is 0 Å². The van der Waals surface area contributed by atoms with Crippen molar-refractivity contribution < 1.29 is 29.0 Å². The van der Waals surface area contributed by atoms with Crippen LogP contribution in [0.5, 0.6) is 5.75 Å². The van der Waals surface area contributed by atoms with Crippen molar-refractivity contribution in [3.05, 3.63) is 65.3 Å². The van der Waals surface area contributed by atoms with Crippen LogP contribution >= 0.6 is 0 Å². The van der Waals surface area contributed by atoms with Crippen LogP contribution < -0.4 is 4.74 Å². The summed E-state index contributed by atoms with van der Waals surface area (Å²) in [6.45, 7) is 0. The standard InChI is InChI=1S/C16H14O6/c1-21-11-4-2-10(3-5-11)8-12-6-7-15(22-12)13(17)9-14(18)16(19)20/h2-7,9,18H,8H2,1H3,(H,19,20). The summed E-state index contributed by atoms with van der Waals surface area (Å²) < 4.78 is 10.4. The first-order chi connectivity index (χ1) is 10.5. The molecule has 0 aliphatic rings. The minimum absolute atomic E-state index is 0.0312. The number of hydrogen-bond donors (Lipinski definition) is 2. The SMILES string of the molecule is COc1ccc(Cc2ccc(C(=O)C=C(O)C(=O)O)o2)cc1. The van der Waals surface area contributed by atoms with E-state index in [9.17, 15) is 9.59 Å². The van der Waals surface area contributed by atoms with Crippen LogP contribution in [0.4, 0.5) is 0 Å². The number of carboxylic acids is 1. The van der Waals surface area contributed by atoms with Crippen molar-refractivity contribution in [3.8, 4) is 5.75 Å². The highest BCUT2D eigenvalue weighted by Gasteiger charge is 2.13. The van der Waals surface area contributed by atoms with Gasteiger partial charge in [0.2, 0.25) is 11.5 Å². The lowest BCUT2D eigenvalue weighted by Gasteiger charge is -2.01. The molecular weight excluding hydrogens is 288 g/mol. The van der Waals surface area contributed by atoms with E-state index in [0.717, 1.165) is 11.3 Å². The first-order valence-corrected chi connectivity index (χ1v) is 6.39. The van der Waals surface area contributed by atoms with E-state index >= 15 is 0 Å². The van der Waals surface area contributed by atoms with E-state index in [1.807, 2.05) is 24.3 Å². The number of benzene rings is 1. The number of ketones is 1. The molecule has 22 heavy (non-hydrogen) atoms. The second-order valence-electron chi connectivity index (χ2n) is 4.49. The van der Waals surface area contributed by atoms with Crippen molar-refractivity contribution in [2.24, 2.45) is 0 Å². The lowest BCUT2D eigenvalue weighted by molar-refractivity contribution is -0.135. The summed E-state index contributed by atoms with van der Waals surface area (Å²) >= 11 is 0. The van der Waals surface area contributed by atoms with Crippen LogP contribution in [0, 0.1) is 0 Å². The Morgan fingerprint density at radius 3 is 2.41 bits per heavy atom. The quantitative estimate of drug-likeness (QED) is 0.483. The number of carbonyl (C=O) groups is 2. The zero-order valence-corrected chi connectivity index (χ0v) is 11.8. The molecule has 0 radical (unpaired) electrons. The number of furan rings is 1. The lowest BCUT2D eigenvalue weighted by atomic mass is 10.1. The Hall–Kier alpha value is -3.02. The fourth-order valence-corrected chi connectivity index (χ4v) is 1.81. The molecule has 0 amide bonds. The molecule has 0 fully saturated rings. The molecule has 0 bridgehead atoms.